The number of fused-ring (bicyclic) bond motifs is 1. The van der Waals surface area contributed by atoms with Crippen molar-refractivity contribution in [2.45, 2.75) is 38.8 Å². The number of ether oxygens (including phenoxy) is 1. The van der Waals surface area contributed by atoms with Gasteiger partial charge in [-0.2, -0.15) is 0 Å². The molecular weight excluding hydrogens is 222 g/mol. The van der Waals surface area contributed by atoms with Crippen LogP contribution in [0.5, 0.6) is 0 Å². The van der Waals surface area contributed by atoms with Crippen molar-refractivity contribution in [3.8, 4) is 0 Å². The van der Waals surface area contributed by atoms with Crippen molar-refractivity contribution in [1.82, 2.24) is 0 Å². The molecule has 0 saturated carbocycles. The predicted octanol–water partition coefficient (Wildman–Crippen LogP) is 4.01. The molecule has 0 aliphatic carbocycles. The monoisotopic (exact) mass is 239 g/mol. The van der Waals surface area contributed by atoms with Gasteiger partial charge in [-0.15, -0.1) is 0 Å². The van der Waals surface area contributed by atoms with E-state index in [4.69, 9.17) is 16.3 Å². The van der Waals surface area contributed by atoms with Gasteiger partial charge < -0.3 is 10.1 Å². The van der Waals surface area contributed by atoms with E-state index in [1.54, 1.807) is 0 Å². The Labute approximate surface area is 102 Å². The van der Waals surface area contributed by atoms with Crippen molar-refractivity contribution in [1.29, 1.82) is 0 Å². The van der Waals surface area contributed by atoms with Crippen LogP contribution in [0.15, 0.2) is 18.2 Å². The van der Waals surface area contributed by atoms with Crippen molar-refractivity contribution >= 4 is 17.3 Å². The SMILES string of the molecule is CCCO[C@H]1C[C@@H](C)Nc2ccc(Cl)cc21. The first-order valence-electron chi connectivity index (χ1n) is 5.88. The van der Waals surface area contributed by atoms with Gasteiger partial charge in [0.2, 0.25) is 0 Å². The van der Waals surface area contributed by atoms with Gasteiger partial charge >= 0.3 is 0 Å². The standard InChI is InChI=1S/C13H18ClNO/c1-3-6-16-13-7-9(2)15-12-5-4-10(14)8-11(12)13/h4-5,8-9,13,15H,3,6-7H2,1-2H3/t9-,13+/m1/s1. The number of anilines is 1. The molecule has 0 fully saturated rings. The quantitative estimate of drug-likeness (QED) is 0.861. The molecule has 0 aromatic heterocycles. The molecule has 0 saturated heterocycles. The average molecular weight is 240 g/mol. The molecule has 0 amide bonds. The summed E-state index contributed by atoms with van der Waals surface area (Å²) in [6, 6.07) is 6.42. The van der Waals surface area contributed by atoms with Crippen molar-refractivity contribution in [2.75, 3.05) is 11.9 Å². The summed E-state index contributed by atoms with van der Waals surface area (Å²) in [6.45, 7) is 5.12. The van der Waals surface area contributed by atoms with E-state index in [2.05, 4.69) is 19.2 Å². The number of hydrogen-bond acceptors (Lipinski definition) is 2. The van der Waals surface area contributed by atoms with Crippen LogP contribution in [0.4, 0.5) is 5.69 Å². The van der Waals surface area contributed by atoms with Crippen LogP contribution < -0.4 is 5.32 Å². The number of rotatable bonds is 3. The maximum Gasteiger partial charge on any atom is 0.0864 e. The molecule has 2 nitrogen and oxygen atoms in total. The van der Waals surface area contributed by atoms with Gasteiger partial charge in [0, 0.05) is 28.9 Å². The Hall–Kier alpha value is -0.730. The molecule has 1 aliphatic rings. The molecule has 0 spiro atoms. The van der Waals surface area contributed by atoms with E-state index >= 15 is 0 Å². The Morgan fingerprint density at radius 1 is 1.50 bits per heavy atom. The first-order valence-corrected chi connectivity index (χ1v) is 6.26. The van der Waals surface area contributed by atoms with E-state index in [1.807, 2.05) is 18.2 Å². The third kappa shape index (κ3) is 2.50. The minimum absolute atomic E-state index is 0.185. The maximum atomic E-state index is 6.03. The minimum Gasteiger partial charge on any atom is -0.382 e. The van der Waals surface area contributed by atoms with Crippen molar-refractivity contribution in [3.05, 3.63) is 28.8 Å². The molecule has 0 bridgehead atoms. The third-order valence-corrected chi connectivity index (χ3v) is 3.09. The molecule has 88 valence electrons. The molecule has 0 unspecified atom stereocenters. The van der Waals surface area contributed by atoms with Crippen LogP contribution in [-0.4, -0.2) is 12.6 Å². The highest BCUT2D eigenvalue weighted by molar-refractivity contribution is 6.30. The molecule has 2 atom stereocenters. The van der Waals surface area contributed by atoms with E-state index in [0.29, 0.717) is 6.04 Å². The largest absolute Gasteiger partial charge is 0.382 e. The minimum atomic E-state index is 0.185. The Morgan fingerprint density at radius 3 is 3.06 bits per heavy atom. The molecule has 1 aromatic carbocycles. The lowest BCUT2D eigenvalue weighted by atomic mass is 9.96. The molecule has 3 heteroatoms. The van der Waals surface area contributed by atoms with E-state index in [1.165, 1.54) is 5.56 Å². The predicted molar refractivity (Wildman–Crippen MR) is 68.1 cm³/mol. The first kappa shape index (κ1) is 11.7. The van der Waals surface area contributed by atoms with Crippen molar-refractivity contribution in [2.24, 2.45) is 0 Å². The summed E-state index contributed by atoms with van der Waals surface area (Å²) in [5.74, 6) is 0. The lowest BCUT2D eigenvalue weighted by Crippen LogP contribution is -2.26. The molecule has 1 N–H and O–H groups in total. The van der Waals surface area contributed by atoms with E-state index in [-0.39, 0.29) is 6.10 Å². The summed E-state index contributed by atoms with van der Waals surface area (Å²) in [5.41, 5.74) is 2.35. The molecule has 2 rings (SSSR count). The average Bonchev–Trinajstić information content (AvgIpc) is 2.26. The van der Waals surface area contributed by atoms with Gasteiger partial charge in [0.1, 0.15) is 0 Å². The highest BCUT2D eigenvalue weighted by Crippen LogP contribution is 2.36. The second-order valence-electron chi connectivity index (χ2n) is 4.37. The molecule has 1 heterocycles. The van der Waals surface area contributed by atoms with E-state index in [0.717, 1.165) is 30.2 Å². The summed E-state index contributed by atoms with van der Waals surface area (Å²) >= 11 is 6.03. The fourth-order valence-electron chi connectivity index (χ4n) is 2.12. The van der Waals surface area contributed by atoms with E-state index < -0.39 is 0 Å². The summed E-state index contributed by atoms with van der Waals surface area (Å²) in [5, 5.41) is 4.23. The van der Waals surface area contributed by atoms with Crippen LogP contribution in [0.3, 0.4) is 0 Å². The number of nitrogens with one attached hydrogen (secondary N) is 1. The number of halogens is 1. The number of benzene rings is 1. The lowest BCUT2D eigenvalue weighted by molar-refractivity contribution is 0.0423. The van der Waals surface area contributed by atoms with Gasteiger partial charge in [0.15, 0.2) is 0 Å². The Balaban J connectivity index is 2.24. The molecular formula is C13H18ClNO. The lowest BCUT2D eigenvalue weighted by Gasteiger charge is -2.31. The summed E-state index contributed by atoms with van der Waals surface area (Å²) < 4.78 is 5.89. The highest BCUT2D eigenvalue weighted by atomic mass is 35.5. The summed E-state index contributed by atoms with van der Waals surface area (Å²) in [4.78, 5) is 0. The Morgan fingerprint density at radius 2 is 2.31 bits per heavy atom. The second-order valence-corrected chi connectivity index (χ2v) is 4.81. The van der Waals surface area contributed by atoms with Gasteiger partial charge in [-0.3, -0.25) is 0 Å². The van der Waals surface area contributed by atoms with Crippen molar-refractivity contribution < 1.29 is 4.74 Å². The van der Waals surface area contributed by atoms with E-state index in [9.17, 15) is 0 Å². The summed E-state index contributed by atoms with van der Waals surface area (Å²) in [6.07, 6.45) is 2.24. The van der Waals surface area contributed by atoms with Crippen LogP contribution in [0.2, 0.25) is 5.02 Å². The zero-order valence-corrected chi connectivity index (χ0v) is 10.6. The van der Waals surface area contributed by atoms with Gasteiger partial charge in [-0.05, 0) is 38.0 Å². The zero-order valence-electron chi connectivity index (χ0n) is 9.79. The second kappa shape index (κ2) is 5.07. The summed E-state index contributed by atoms with van der Waals surface area (Å²) in [7, 11) is 0. The molecule has 1 aromatic rings. The molecule has 1 aliphatic heterocycles. The normalized spacial score (nSPS) is 23.7. The van der Waals surface area contributed by atoms with Crippen LogP contribution in [-0.2, 0) is 4.74 Å². The van der Waals surface area contributed by atoms with Gasteiger partial charge in [-0.25, -0.2) is 0 Å². The first-order chi connectivity index (χ1) is 7.70. The number of hydrogen-bond donors (Lipinski definition) is 1. The van der Waals surface area contributed by atoms with Gasteiger partial charge in [-0.1, -0.05) is 18.5 Å². The van der Waals surface area contributed by atoms with Gasteiger partial charge in [0.05, 0.1) is 6.10 Å². The zero-order chi connectivity index (χ0) is 11.5. The Kier molecular flexibility index (Phi) is 3.72. The molecule has 16 heavy (non-hydrogen) atoms. The fraction of sp³-hybridized carbons (Fsp3) is 0.538. The third-order valence-electron chi connectivity index (χ3n) is 2.85. The fourth-order valence-corrected chi connectivity index (χ4v) is 2.30. The van der Waals surface area contributed by atoms with Crippen LogP contribution >= 0.6 is 11.6 Å². The highest BCUT2D eigenvalue weighted by Gasteiger charge is 2.24. The van der Waals surface area contributed by atoms with Crippen LogP contribution in [0.25, 0.3) is 0 Å². The van der Waals surface area contributed by atoms with Crippen molar-refractivity contribution in [3.63, 3.8) is 0 Å². The Bertz CT molecular complexity index is 367. The molecule has 0 radical (unpaired) electrons. The van der Waals surface area contributed by atoms with Crippen LogP contribution in [0.1, 0.15) is 38.4 Å². The van der Waals surface area contributed by atoms with Gasteiger partial charge in [0.25, 0.3) is 0 Å². The topological polar surface area (TPSA) is 21.3 Å². The maximum absolute atomic E-state index is 6.03. The smallest absolute Gasteiger partial charge is 0.0864 e. The van der Waals surface area contributed by atoms with Crippen LogP contribution in [0, 0.1) is 0 Å².